The number of ether oxygens (including phenoxy) is 1. The van der Waals surface area contributed by atoms with Crippen molar-refractivity contribution < 1.29 is 9.53 Å². The molecule has 3 nitrogen and oxygen atoms in total. The molecule has 0 atom stereocenters. The average molecular weight is 219 g/mol. The minimum absolute atomic E-state index is 0.302. The summed E-state index contributed by atoms with van der Waals surface area (Å²) in [5.41, 5.74) is 1.80. The molecule has 76 valence electrons. The Bertz CT molecular complexity index is 464. The van der Waals surface area contributed by atoms with E-state index >= 15 is 0 Å². The van der Waals surface area contributed by atoms with Gasteiger partial charge in [0.15, 0.2) is 0 Å². The van der Waals surface area contributed by atoms with E-state index in [0.29, 0.717) is 4.88 Å². The van der Waals surface area contributed by atoms with Crippen LogP contribution in [0, 0.1) is 0 Å². The first-order valence-corrected chi connectivity index (χ1v) is 5.27. The number of carbonyl (C=O) groups is 1. The van der Waals surface area contributed by atoms with Crippen LogP contribution in [-0.2, 0) is 4.74 Å². The highest BCUT2D eigenvalue weighted by molar-refractivity contribution is 7.12. The number of methoxy groups -OCH3 is 1. The van der Waals surface area contributed by atoms with Gasteiger partial charge in [0.25, 0.3) is 0 Å². The molecular formula is C11H9NO2S. The number of pyridine rings is 1. The summed E-state index contributed by atoms with van der Waals surface area (Å²) in [6.45, 7) is 0. The highest BCUT2D eigenvalue weighted by Gasteiger charge is 2.14. The maximum atomic E-state index is 11.4. The zero-order valence-electron chi connectivity index (χ0n) is 8.14. The van der Waals surface area contributed by atoms with Crippen molar-refractivity contribution in [3.63, 3.8) is 0 Å². The van der Waals surface area contributed by atoms with E-state index in [2.05, 4.69) is 4.98 Å². The average Bonchev–Trinajstić information content (AvgIpc) is 2.78. The predicted molar refractivity (Wildman–Crippen MR) is 58.9 cm³/mol. The summed E-state index contributed by atoms with van der Waals surface area (Å²) in [6, 6.07) is 5.66. The van der Waals surface area contributed by atoms with Gasteiger partial charge in [0.05, 0.1) is 7.11 Å². The largest absolute Gasteiger partial charge is 0.465 e. The van der Waals surface area contributed by atoms with Crippen LogP contribution >= 0.6 is 11.3 Å². The summed E-state index contributed by atoms with van der Waals surface area (Å²) in [6.07, 6.45) is 3.43. The van der Waals surface area contributed by atoms with Gasteiger partial charge in [0.1, 0.15) is 4.88 Å². The third kappa shape index (κ3) is 1.89. The highest BCUT2D eigenvalue weighted by Crippen LogP contribution is 2.27. The molecule has 4 heteroatoms. The first-order chi connectivity index (χ1) is 7.33. The fourth-order valence-corrected chi connectivity index (χ4v) is 2.14. The number of carbonyl (C=O) groups excluding carboxylic acids is 1. The number of esters is 1. The summed E-state index contributed by atoms with van der Waals surface area (Å²) in [5, 5.41) is 1.87. The van der Waals surface area contributed by atoms with Crippen LogP contribution in [0.5, 0.6) is 0 Å². The topological polar surface area (TPSA) is 39.2 Å². The van der Waals surface area contributed by atoms with Gasteiger partial charge in [-0.1, -0.05) is 6.07 Å². The standard InChI is InChI=1S/C11H9NO2S/c1-14-11(13)10-9(4-6-15-10)8-3-2-5-12-7-8/h2-7H,1H3. The van der Waals surface area contributed by atoms with E-state index in [0.717, 1.165) is 11.1 Å². The molecule has 0 saturated carbocycles. The second-order valence-corrected chi connectivity index (χ2v) is 3.81. The number of hydrogen-bond acceptors (Lipinski definition) is 4. The Labute approximate surface area is 91.4 Å². The number of rotatable bonds is 2. The lowest BCUT2D eigenvalue weighted by Gasteiger charge is -2.01. The van der Waals surface area contributed by atoms with E-state index in [1.165, 1.54) is 18.4 Å². The number of hydrogen-bond donors (Lipinski definition) is 0. The molecule has 0 aliphatic heterocycles. The first-order valence-electron chi connectivity index (χ1n) is 4.39. The van der Waals surface area contributed by atoms with E-state index in [4.69, 9.17) is 4.74 Å². The molecule has 0 amide bonds. The normalized spacial score (nSPS) is 9.93. The summed E-state index contributed by atoms with van der Waals surface area (Å²) in [5.74, 6) is -0.302. The zero-order chi connectivity index (χ0) is 10.7. The number of thiophene rings is 1. The molecule has 0 radical (unpaired) electrons. The molecule has 0 aliphatic rings. The molecule has 0 fully saturated rings. The van der Waals surface area contributed by atoms with Gasteiger partial charge in [-0.05, 0) is 17.5 Å². The summed E-state index contributed by atoms with van der Waals surface area (Å²) >= 11 is 1.37. The lowest BCUT2D eigenvalue weighted by molar-refractivity contribution is 0.0607. The van der Waals surface area contributed by atoms with Crippen molar-refractivity contribution in [3.8, 4) is 11.1 Å². The SMILES string of the molecule is COC(=O)c1sccc1-c1cccnc1. The van der Waals surface area contributed by atoms with Gasteiger partial charge < -0.3 is 4.74 Å². The highest BCUT2D eigenvalue weighted by atomic mass is 32.1. The first kappa shape index (κ1) is 9.86. The lowest BCUT2D eigenvalue weighted by Crippen LogP contribution is -1.99. The smallest absolute Gasteiger partial charge is 0.348 e. The molecule has 0 bridgehead atoms. The van der Waals surface area contributed by atoms with Crippen LogP contribution in [0.15, 0.2) is 36.0 Å². The molecule has 2 aromatic rings. The Balaban J connectivity index is 2.46. The molecule has 2 heterocycles. The van der Waals surface area contributed by atoms with Crippen LogP contribution in [0.25, 0.3) is 11.1 Å². The van der Waals surface area contributed by atoms with Gasteiger partial charge in [-0.15, -0.1) is 11.3 Å². The molecule has 15 heavy (non-hydrogen) atoms. The molecule has 0 spiro atoms. The molecule has 0 saturated heterocycles. The Kier molecular flexibility index (Phi) is 2.78. The minimum Gasteiger partial charge on any atom is -0.465 e. The fraction of sp³-hybridized carbons (Fsp3) is 0.0909. The molecule has 0 aromatic carbocycles. The number of nitrogens with zero attached hydrogens (tertiary/aromatic N) is 1. The molecule has 0 unspecified atom stereocenters. The van der Waals surface area contributed by atoms with Crippen LogP contribution in [0.1, 0.15) is 9.67 Å². The zero-order valence-corrected chi connectivity index (χ0v) is 8.95. The summed E-state index contributed by atoms with van der Waals surface area (Å²) in [7, 11) is 1.38. The van der Waals surface area contributed by atoms with Crippen molar-refractivity contribution in [2.75, 3.05) is 7.11 Å². The molecule has 2 aromatic heterocycles. The van der Waals surface area contributed by atoms with E-state index in [1.54, 1.807) is 12.4 Å². The van der Waals surface area contributed by atoms with Gasteiger partial charge in [0.2, 0.25) is 0 Å². The van der Waals surface area contributed by atoms with E-state index in [1.807, 2.05) is 23.6 Å². The van der Waals surface area contributed by atoms with Crippen molar-refractivity contribution in [1.82, 2.24) is 4.98 Å². The Hall–Kier alpha value is -1.68. The Morgan fingerprint density at radius 2 is 2.33 bits per heavy atom. The Morgan fingerprint density at radius 3 is 3.00 bits per heavy atom. The molecule has 0 N–H and O–H groups in total. The molecule has 2 rings (SSSR count). The van der Waals surface area contributed by atoms with Crippen LogP contribution in [0.4, 0.5) is 0 Å². The molecule has 0 aliphatic carbocycles. The summed E-state index contributed by atoms with van der Waals surface area (Å²) in [4.78, 5) is 16.1. The van der Waals surface area contributed by atoms with Crippen molar-refractivity contribution in [1.29, 1.82) is 0 Å². The van der Waals surface area contributed by atoms with Crippen LogP contribution in [0.2, 0.25) is 0 Å². The quantitative estimate of drug-likeness (QED) is 0.729. The second-order valence-electron chi connectivity index (χ2n) is 2.90. The fourth-order valence-electron chi connectivity index (χ4n) is 1.31. The van der Waals surface area contributed by atoms with E-state index in [-0.39, 0.29) is 5.97 Å². The third-order valence-corrected chi connectivity index (χ3v) is 2.90. The van der Waals surface area contributed by atoms with E-state index < -0.39 is 0 Å². The molecular weight excluding hydrogens is 210 g/mol. The van der Waals surface area contributed by atoms with Crippen molar-refractivity contribution in [2.24, 2.45) is 0 Å². The predicted octanol–water partition coefficient (Wildman–Crippen LogP) is 2.60. The van der Waals surface area contributed by atoms with Gasteiger partial charge in [-0.25, -0.2) is 4.79 Å². The van der Waals surface area contributed by atoms with Crippen molar-refractivity contribution >= 4 is 17.3 Å². The van der Waals surface area contributed by atoms with Crippen LogP contribution in [0.3, 0.4) is 0 Å². The minimum atomic E-state index is -0.302. The maximum absolute atomic E-state index is 11.4. The van der Waals surface area contributed by atoms with Gasteiger partial charge in [-0.3, -0.25) is 4.98 Å². The van der Waals surface area contributed by atoms with Crippen molar-refractivity contribution in [3.05, 3.63) is 40.8 Å². The maximum Gasteiger partial charge on any atom is 0.348 e. The third-order valence-electron chi connectivity index (χ3n) is 2.01. The van der Waals surface area contributed by atoms with Gasteiger partial charge >= 0.3 is 5.97 Å². The van der Waals surface area contributed by atoms with Gasteiger partial charge in [0, 0.05) is 23.5 Å². The van der Waals surface area contributed by atoms with Crippen LogP contribution < -0.4 is 0 Å². The van der Waals surface area contributed by atoms with Crippen molar-refractivity contribution in [2.45, 2.75) is 0 Å². The number of aromatic nitrogens is 1. The summed E-state index contributed by atoms with van der Waals surface area (Å²) < 4.78 is 4.71. The lowest BCUT2D eigenvalue weighted by atomic mass is 10.1. The van der Waals surface area contributed by atoms with E-state index in [9.17, 15) is 4.79 Å². The Morgan fingerprint density at radius 1 is 1.47 bits per heavy atom. The van der Waals surface area contributed by atoms with Gasteiger partial charge in [-0.2, -0.15) is 0 Å². The monoisotopic (exact) mass is 219 g/mol. The second kappa shape index (κ2) is 4.23. The van der Waals surface area contributed by atoms with Crippen LogP contribution in [-0.4, -0.2) is 18.1 Å².